The first-order valence-corrected chi connectivity index (χ1v) is 5.77. The number of hydrogen-bond donors (Lipinski definition) is 1. The van der Waals surface area contributed by atoms with Crippen LogP contribution in [0.2, 0.25) is 0 Å². The molecule has 0 aliphatic carbocycles. The summed E-state index contributed by atoms with van der Waals surface area (Å²) < 4.78 is 13.1. The molecule has 0 aliphatic rings. The second kappa shape index (κ2) is 6.44. The molecule has 1 rings (SSSR count). The number of halogens is 1. The van der Waals surface area contributed by atoms with Gasteiger partial charge < -0.3 is 5.32 Å². The summed E-state index contributed by atoms with van der Waals surface area (Å²) in [6, 6.07) is 5.21. The molecule has 0 unspecified atom stereocenters. The molecule has 1 N–H and O–H groups in total. The average Bonchev–Trinajstić information content (AvgIpc) is 2.24. The molecule has 1 aromatic rings. The van der Waals surface area contributed by atoms with Crippen LogP contribution in [0, 0.1) is 12.7 Å². The third-order valence-corrected chi connectivity index (χ3v) is 2.43. The second-order valence-corrected chi connectivity index (χ2v) is 4.18. The fourth-order valence-corrected chi connectivity index (χ4v) is 1.56. The Labute approximate surface area is 97.4 Å². The van der Waals surface area contributed by atoms with E-state index in [9.17, 15) is 4.39 Å². The summed E-state index contributed by atoms with van der Waals surface area (Å²) in [6.07, 6.45) is 3.23. The quantitative estimate of drug-likeness (QED) is 0.750. The van der Waals surface area contributed by atoms with Gasteiger partial charge in [-0.15, -0.1) is 0 Å². The summed E-state index contributed by atoms with van der Waals surface area (Å²) >= 11 is 0. The van der Waals surface area contributed by atoms with Crippen LogP contribution in [-0.4, -0.2) is 13.1 Å². The molecular weight excluding hydrogens is 201 g/mol. The molecule has 0 aliphatic heterocycles. The molecule has 0 heterocycles. The Balaban J connectivity index is 2.63. The molecule has 0 amide bonds. The molecule has 16 heavy (non-hydrogen) atoms. The number of nitrogens with one attached hydrogen (secondary N) is 1. The van der Waals surface area contributed by atoms with Gasteiger partial charge in [-0.1, -0.05) is 24.6 Å². The Hall–Kier alpha value is -1.15. The van der Waals surface area contributed by atoms with Gasteiger partial charge in [0.15, 0.2) is 0 Å². The van der Waals surface area contributed by atoms with Crippen LogP contribution >= 0.6 is 0 Å². The van der Waals surface area contributed by atoms with E-state index in [-0.39, 0.29) is 5.82 Å². The van der Waals surface area contributed by atoms with Crippen molar-refractivity contribution in [1.82, 2.24) is 5.32 Å². The van der Waals surface area contributed by atoms with E-state index in [0.29, 0.717) is 5.56 Å². The molecular formula is C14H20FN. The zero-order valence-electron chi connectivity index (χ0n) is 10.3. The number of benzene rings is 1. The lowest BCUT2D eigenvalue weighted by Crippen LogP contribution is -2.16. The predicted molar refractivity (Wildman–Crippen MR) is 67.9 cm³/mol. The van der Waals surface area contributed by atoms with E-state index >= 15 is 0 Å². The molecule has 88 valence electrons. The first-order valence-electron chi connectivity index (χ1n) is 5.77. The van der Waals surface area contributed by atoms with Crippen molar-refractivity contribution in [2.75, 3.05) is 13.1 Å². The average molecular weight is 221 g/mol. The molecule has 0 spiro atoms. The maximum Gasteiger partial charge on any atom is 0.126 e. The molecule has 0 fully saturated rings. The van der Waals surface area contributed by atoms with Crippen molar-refractivity contribution in [3.63, 3.8) is 0 Å². The minimum Gasteiger partial charge on any atom is -0.313 e. The minimum absolute atomic E-state index is 0.140. The summed E-state index contributed by atoms with van der Waals surface area (Å²) in [4.78, 5) is 0. The number of aryl methyl sites for hydroxylation is 1. The molecule has 0 saturated carbocycles. The highest BCUT2D eigenvalue weighted by Gasteiger charge is 1.97. The zero-order valence-corrected chi connectivity index (χ0v) is 10.3. The third kappa shape index (κ3) is 4.15. The first-order chi connectivity index (χ1) is 7.63. The lowest BCUT2D eigenvalue weighted by Gasteiger charge is -2.04. The number of hydrogen-bond acceptors (Lipinski definition) is 1. The lowest BCUT2D eigenvalue weighted by molar-refractivity contribution is 0.618. The number of rotatable bonds is 5. The monoisotopic (exact) mass is 221 g/mol. The largest absolute Gasteiger partial charge is 0.313 e. The molecule has 0 aromatic heterocycles. The third-order valence-electron chi connectivity index (χ3n) is 2.43. The van der Waals surface area contributed by atoms with E-state index in [0.717, 1.165) is 25.1 Å². The van der Waals surface area contributed by atoms with E-state index in [2.05, 4.69) is 25.2 Å². The Morgan fingerprint density at radius 3 is 2.81 bits per heavy atom. The fourth-order valence-electron chi connectivity index (χ4n) is 1.56. The van der Waals surface area contributed by atoms with Crippen LogP contribution in [0.4, 0.5) is 4.39 Å². The van der Waals surface area contributed by atoms with Gasteiger partial charge in [0.05, 0.1) is 0 Å². The summed E-state index contributed by atoms with van der Waals surface area (Å²) in [5, 5.41) is 3.34. The van der Waals surface area contributed by atoms with Gasteiger partial charge in [0, 0.05) is 6.54 Å². The van der Waals surface area contributed by atoms with Crippen molar-refractivity contribution in [3.05, 3.63) is 40.7 Å². The van der Waals surface area contributed by atoms with Crippen LogP contribution in [0.15, 0.2) is 23.8 Å². The van der Waals surface area contributed by atoms with Gasteiger partial charge in [0.25, 0.3) is 0 Å². The van der Waals surface area contributed by atoms with Gasteiger partial charge in [-0.3, -0.25) is 0 Å². The maximum absolute atomic E-state index is 13.1. The van der Waals surface area contributed by atoms with E-state index in [1.807, 2.05) is 12.1 Å². The van der Waals surface area contributed by atoms with E-state index < -0.39 is 0 Å². The minimum atomic E-state index is -0.140. The van der Waals surface area contributed by atoms with Crippen molar-refractivity contribution >= 4 is 6.08 Å². The molecule has 1 aromatic carbocycles. The molecule has 1 nitrogen and oxygen atoms in total. The van der Waals surface area contributed by atoms with Gasteiger partial charge in [-0.25, -0.2) is 4.39 Å². The van der Waals surface area contributed by atoms with Gasteiger partial charge in [-0.05, 0) is 50.1 Å². The zero-order chi connectivity index (χ0) is 12.0. The second-order valence-electron chi connectivity index (χ2n) is 4.18. The maximum atomic E-state index is 13.1. The Morgan fingerprint density at radius 1 is 1.44 bits per heavy atom. The van der Waals surface area contributed by atoms with Crippen LogP contribution in [0.25, 0.3) is 6.08 Å². The highest BCUT2D eigenvalue weighted by atomic mass is 19.1. The van der Waals surface area contributed by atoms with E-state index in [1.165, 1.54) is 11.6 Å². The van der Waals surface area contributed by atoms with Crippen molar-refractivity contribution in [3.8, 4) is 0 Å². The van der Waals surface area contributed by atoms with Crippen LogP contribution in [0.3, 0.4) is 0 Å². The Kier molecular flexibility index (Phi) is 5.20. The van der Waals surface area contributed by atoms with Crippen LogP contribution in [-0.2, 0) is 0 Å². The fraction of sp³-hybridized carbons (Fsp3) is 0.429. The van der Waals surface area contributed by atoms with Crippen molar-refractivity contribution in [1.29, 1.82) is 0 Å². The molecule has 0 saturated heterocycles. The molecule has 0 atom stereocenters. The van der Waals surface area contributed by atoms with Gasteiger partial charge in [0.2, 0.25) is 0 Å². The predicted octanol–water partition coefficient (Wildman–Crippen LogP) is 3.54. The summed E-state index contributed by atoms with van der Waals surface area (Å²) in [6.45, 7) is 7.95. The van der Waals surface area contributed by atoms with Gasteiger partial charge in [-0.2, -0.15) is 0 Å². The normalized spacial score (nSPS) is 11.9. The van der Waals surface area contributed by atoms with Gasteiger partial charge in [0.1, 0.15) is 5.82 Å². The van der Waals surface area contributed by atoms with Gasteiger partial charge >= 0.3 is 0 Å². The van der Waals surface area contributed by atoms with Crippen LogP contribution in [0.5, 0.6) is 0 Å². The summed E-state index contributed by atoms with van der Waals surface area (Å²) in [5.74, 6) is -0.140. The van der Waals surface area contributed by atoms with Crippen LogP contribution in [0.1, 0.15) is 31.4 Å². The highest BCUT2D eigenvalue weighted by Crippen LogP contribution is 2.12. The van der Waals surface area contributed by atoms with E-state index in [1.54, 1.807) is 6.92 Å². The standard InChI is InChI=1S/C14H20FN/c1-4-7-16-10-11(2)8-13-5-6-14(15)12(3)9-13/h5-6,8-9,16H,4,7,10H2,1-3H3. The Bertz CT molecular complexity index is 369. The Morgan fingerprint density at radius 2 is 2.19 bits per heavy atom. The van der Waals surface area contributed by atoms with Crippen molar-refractivity contribution < 1.29 is 4.39 Å². The smallest absolute Gasteiger partial charge is 0.126 e. The molecule has 2 heteroatoms. The van der Waals surface area contributed by atoms with Crippen LogP contribution < -0.4 is 5.32 Å². The highest BCUT2D eigenvalue weighted by molar-refractivity contribution is 5.53. The van der Waals surface area contributed by atoms with E-state index in [4.69, 9.17) is 0 Å². The first kappa shape index (κ1) is 12.9. The molecule has 0 bridgehead atoms. The lowest BCUT2D eigenvalue weighted by atomic mass is 10.1. The van der Waals surface area contributed by atoms with Crippen molar-refractivity contribution in [2.45, 2.75) is 27.2 Å². The SMILES string of the molecule is CCCNCC(C)=Cc1ccc(F)c(C)c1. The summed E-state index contributed by atoms with van der Waals surface area (Å²) in [7, 11) is 0. The van der Waals surface area contributed by atoms with Crippen molar-refractivity contribution in [2.24, 2.45) is 0 Å². The topological polar surface area (TPSA) is 12.0 Å². The summed E-state index contributed by atoms with van der Waals surface area (Å²) in [5.41, 5.74) is 3.03. The molecule has 0 radical (unpaired) electrons.